The third-order valence-corrected chi connectivity index (χ3v) is 2.62. The summed E-state index contributed by atoms with van der Waals surface area (Å²) < 4.78 is 10.1. The summed E-state index contributed by atoms with van der Waals surface area (Å²) in [6.45, 7) is 8.52. The van der Waals surface area contributed by atoms with Gasteiger partial charge in [0.05, 0.1) is 6.61 Å². The molecule has 0 atom stereocenters. The van der Waals surface area contributed by atoms with Gasteiger partial charge < -0.3 is 20.1 Å². The highest BCUT2D eigenvalue weighted by Gasteiger charge is 2.15. The fourth-order valence-electron chi connectivity index (χ4n) is 1.72. The van der Waals surface area contributed by atoms with E-state index in [9.17, 15) is 9.59 Å². The number of aromatic nitrogens is 1. The van der Waals surface area contributed by atoms with E-state index in [1.165, 1.54) is 0 Å². The van der Waals surface area contributed by atoms with Crippen LogP contribution in [0.3, 0.4) is 0 Å². The summed E-state index contributed by atoms with van der Waals surface area (Å²) in [7, 11) is 0. The van der Waals surface area contributed by atoms with Crippen molar-refractivity contribution >= 4 is 17.9 Å². The van der Waals surface area contributed by atoms with Crippen LogP contribution in [0.4, 0.5) is 10.6 Å². The van der Waals surface area contributed by atoms with Gasteiger partial charge in [0.15, 0.2) is 0 Å². The number of nitrogens with one attached hydrogen (secondary N) is 2. The maximum atomic E-state index is 11.8. The highest BCUT2D eigenvalue weighted by molar-refractivity contribution is 5.94. The summed E-state index contributed by atoms with van der Waals surface area (Å²) in [6, 6.07) is 3.34. The molecule has 0 unspecified atom stereocenters. The number of carbonyl (C=O) groups excluding carboxylic acids is 2. The lowest BCUT2D eigenvalue weighted by molar-refractivity contribution is 0.0517. The Bertz CT molecular complexity index is 526. The van der Waals surface area contributed by atoms with E-state index in [4.69, 9.17) is 9.47 Å². The number of pyridine rings is 1. The van der Waals surface area contributed by atoms with Crippen LogP contribution in [-0.4, -0.2) is 42.3 Å². The third kappa shape index (κ3) is 7.49. The van der Waals surface area contributed by atoms with Gasteiger partial charge in [0.25, 0.3) is 0 Å². The van der Waals surface area contributed by atoms with Crippen LogP contribution >= 0.6 is 0 Å². The predicted octanol–water partition coefficient (Wildman–Crippen LogP) is 2.59. The van der Waals surface area contributed by atoms with Gasteiger partial charge in [-0.1, -0.05) is 0 Å². The number of amides is 1. The van der Waals surface area contributed by atoms with Crippen LogP contribution in [-0.2, 0) is 9.47 Å². The van der Waals surface area contributed by atoms with Crippen molar-refractivity contribution in [3.8, 4) is 0 Å². The second kappa shape index (κ2) is 8.97. The third-order valence-electron chi connectivity index (χ3n) is 2.62. The number of alkyl carbamates (subject to hydrolysis) is 1. The zero-order chi connectivity index (χ0) is 17.3. The maximum Gasteiger partial charge on any atom is 0.407 e. The number of carbonyl (C=O) groups is 2. The Morgan fingerprint density at radius 2 is 2.00 bits per heavy atom. The topological polar surface area (TPSA) is 89.5 Å². The van der Waals surface area contributed by atoms with Crippen molar-refractivity contribution in [3.05, 3.63) is 23.9 Å². The lowest BCUT2D eigenvalue weighted by Crippen LogP contribution is -2.33. The molecule has 1 heterocycles. The first-order valence-corrected chi connectivity index (χ1v) is 7.66. The molecule has 0 bridgehead atoms. The average Bonchev–Trinajstić information content (AvgIpc) is 2.45. The standard InChI is InChI=1S/C16H25N3O4/c1-5-22-14(20)12-8-6-9-17-13(12)18-10-7-11-19-15(21)23-16(2,3)4/h6,8-9H,5,7,10-11H2,1-4H3,(H,17,18)(H,19,21). The fourth-order valence-corrected chi connectivity index (χ4v) is 1.72. The van der Waals surface area contributed by atoms with Gasteiger partial charge in [0, 0.05) is 19.3 Å². The van der Waals surface area contributed by atoms with Gasteiger partial charge in [-0.15, -0.1) is 0 Å². The summed E-state index contributed by atoms with van der Waals surface area (Å²) >= 11 is 0. The number of hydrogen-bond donors (Lipinski definition) is 2. The Labute approximate surface area is 136 Å². The number of anilines is 1. The molecule has 0 aliphatic carbocycles. The molecule has 128 valence electrons. The molecule has 7 heteroatoms. The maximum absolute atomic E-state index is 11.8. The molecular formula is C16H25N3O4. The van der Waals surface area contributed by atoms with Crippen LogP contribution in [0.5, 0.6) is 0 Å². The molecule has 1 aromatic heterocycles. The fraction of sp³-hybridized carbons (Fsp3) is 0.562. The summed E-state index contributed by atoms with van der Waals surface area (Å²) in [4.78, 5) is 27.4. The normalized spacial score (nSPS) is 10.8. The lowest BCUT2D eigenvalue weighted by Gasteiger charge is -2.19. The van der Waals surface area contributed by atoms with Crippen molar-refractivity contribution in [1.29, 1.82) is 0 Å². The molecule has 0 radical (unpaired) electrons. The van der Waals surface area contributed by atoms with Crippen LogP contribution < -0.4 is 10.6 Å². The van der Waals surface area contributed by atoms with Crippen molar-refractivity contribution in [2.24, 2.45) is 0 Å². The first-order valence-electron chi connectivity index (χ1n) is 7.66. The molecule has 7 nitrogen and oxygen atoms in total. The van der Waals surface area contributed by atoms with E-state index in [-0.39, 0.29) is 0 Å². The van der Waals surface area contributed by atoms with Crippen molar-refractivity contribution in [2.75, 3.05) is 25.0 Å². The molecule has 0 spiro atoms. The molecule has 1 rings (SSSR count). The van der Waals surface area contributed by atoms with E-state index in [2.05, 4.69) is 15.6 Å². The van der Waals surface area contributed by atoms with E-state index in [0.29, 0.717) is 37.5 Å². The lowest BCUT2D eigenvalue weighted by atomic mass is 10.2. The number of hydrogen-bond acceptors (Lipinski definition) is 6. The molecule has 23 heavy (non-hydrogen) atoms. The van der Waals surface area contributed by atoms with Crippen LogP contribution in [0.15, 0.2) is 18.3 Å². The Kier molecular flexibility index (Phi) is 7.31. The van der Waals surface area contributed by atoms with Crippen LogP contribution in [0.2, 0.25) is 0 Å². The van der Waals surface area contributed by atoms with Crippen molar-refractivity contribution in [3.63, 3.8) is 0 Å². The Morgan fingerprint density at radius 1 is 1.26 bits per heavy atom. The van der Waals surface area contributed by atoms with Gasteiger partial charge >= 0.3 is 12.1 Å². The molecule has 0 fully saturated rings. The molecule has 1 aromatic rings. The van der Waals surface area contributed by atoms with E-state index in [1.807, 2.05) is 20.8 Å². The van der Waals surface area contributed by atoms with Gasteiger partial charge in [-0.3, -0.25) is 0 Å². The highest BCUT2D eigenvalue weighted by atomic mass is 16.6. The number of nitrogens with zero attached hydrogens (tertiary/aromatic N) is 1. The first kappa shape index (κ1) is 18.7. The second-order valence-electron chi connectivity index (χ2n) is 5.83. The molecular weight excluding hydrogens is 298 g/mol. The van der Waals surface area contributed by atoms with Crippen LogP contribution in [0.1, 0.15) is 44.5 Å². The predicted molar refractivity (Wildman–Crippen MR) is 87.5 cm³/mol. The minimum Gasteiger partial charge on any atom is -0.462 e. The van der Waals surface area contributed by atoms with Gasteiger partial charge in [0.2, 0.25) is 0 Å². The second-order valence-corrected chi connectivity index (χ2v) is 5.83. The minimum absolute atomic E-state index is 0.312. The average molecular weight is 323 g/mol. The van der Waals surface area contributed by atoms with Crippen molar-refractivity contribution in [1.82, 2.24) is 10.3 Å². The summed E-state index contributed by atoms with van der Waals surface area (Å²) in [5.74, 6) is 0.0678. The van der Waals surface area contributed by atoms with Gasteiger partial charge in [-0.25, -0.2) is 14.6 Å². The molecule has 2 N–H and O–H groups in total. The molecule has 0 aliphatic heterocycles. The zero-order valence-corrected chi connectivity index (χ0v) is 14.1. The van der Waals surface area contributed by atoms with Crippen molar-refractivity contribution < 1.29 is 19.1 Å². The smallest absolute Gasteiger partial charge is 0.407 e. The van der Waals surface area contributed by atoms with Crippen LogP contribution in [0.25, 0.3) is 0 Å². The van der Waals surface area contributed by atoms with E-state index >= 15 is 0 Å². The Morgan fingerprint density at radius 3 is 2.65 bits per heavy atom. The largest absolute Gasteiger partial charge is 0.462 e. The highest BCUT2D eigenvalue weighted by Crippen LogP contribution is 2.12. The number of esters is 1. The first-order chi connectivity index (χ1) is 10.8. The van der Waals surface area contributed by atoms with Gasteiger partial charge in [-0.2, -0.15) is 0 Å². The Hall–Kier alpha value is -2.31. The number of ether oxygens (including phenoxy) is 2. The van der Waals surface area contributed by atoms with E-state index in [1.54, 1.807) is 25.3 Å². The molecule has 0 saturated heterocycles. The molecule has 0 aliphatic rings. The monoisotopic (exact) mass is 323 g/mol. The SMILES string of the molecule is CCOC(=O)c1cccnc1NCCCNC(=O)OC(C)(C)C. The van der Waals surface area contributed by atoms with Crippen LogP contribution in [0, 0.1) is 0 Å². The minimum atomic E-state index is -0.509. The van der Waals surface area contributed by atoms with Gasteiger partial charge in [0.1, 0.15) is 17.0 Å². The van der Waals surface area contributed by atoms with E-state index < -0.39 is 17.7 Å². The van der Waals surface area contributed by atoms with E-state index in [0.717, 1.165) is 0 Å². The molecule has 1 amide bonds. The zero-order valence-electron chi connectivity index (χ0n) is 14.1. The Balaban J connectivity index is 2.37. The quantitative estimate of drug-likeness (QED) is 0.592. The van der Waals surface area contributed by atoms with Crippen molar-refractivity contribution in [2.45, 2.75) is 39.7 Å². The molecule has 0 aromatic carbocycles. The molecule has 0 saturated carbocycles. The van der Waals surface area contributed by atoms with Gasteiger partial charge in [-0.05, 0) is 46.2 Å². The summed E-state index contributed by atoms with van der Waals surface area (Å²) in [6.07, 6.45) is 1.82. The summed E-state index contributed by atoms with van der Waals surface area (Å²) in [5.41, 5.74) is -0.111. The number of rotatable bonds is 7. The summed E-state index contributed by atoms with van der Waals surface area (Å²) in [5, 5.41) is 5.74.